The molecular formula is C18H18N2OS2. The van der Waals surface area contributed by atoms with E-state index in [1.54, 1.807) is 11.8 Å². The monoisotopic (exact) mass is 342 g/mol. The number of nitrogens with zero attached hydrogens (tertiary/aromatic N) is 2. The third kappa shape index (κ3) is 2.51. The molecule has 23 heavy (non-hydrogen) atoms. The first-order valence-corrected chi connectivity index (χ1v) is 9.87. The lowest BCUT2D eigenvalue weighted by molar-refractivity contribution is 0.149. The maximum absolute atomic E-state index is 5.99. The van der Waals surface area contributed by atoms with Crippen molar-refractivity contribution in [3.63, 3.8) is 0 Å². The van der Waals surface area contributed by atoms with Gasteiger partial charge >= 0.3 is 0 Å². The SMILES string of the molecule is c1ccc2c(C3=C(COCC4CC4)SC4=NCCN43)csc2c1. The summed E-state index contributed by atoms with van der Waals surface area (Å²) in [6.07, 6.45) is 2.68. The van der Waals surface area contributed by atoms with Crippen molar-refractivity contribution in [2.75, 3.05) is 26.3 Å². The molecule has 0 radical (unpaired) electrons. The standard InChI is InChI=1S/C18H18N2OS2/c1-2-4-15-13(3-1)14(11-22-15)17-16(10-21-9-12-5-6-12)23-18-19-7-8-20(17)18/h1-4,11-12H,5-10H2. The normalized spacial score (nSPS) is 20.5. The van der Waals surface area contributed by atoms with Gasteiger partial charge in [-0.15, -0.1) is 11.3 Å². The molecule has 2 aliphatic heterocycles. The van der Waals surface area contributed by atoms with Crippen LogP contribution >= 0.6 is 23.1 Å². The van der Waals surface area contributed by atoms with E-state index in [1.807, 2.05) is 11.3 Å². The van der Waals surface area contributed by atoms with E-state index in [1.165, 1.54) is 39.1 Å². The molecule has 0 spiro atoms. The number of rotatable bonds is 5. The van der Waals surface area contributed by atoms with Crippen molar-refractivity contribution < 1.29 is 4.74 Å². The summed E-state index contributed by atoms with van der Waals surface area (Å²) < 4.78 is 7.34. The van der Waals surface area contributed by atoms with Crippen molar-refractivity contribution in [2.45, 2.75) is 12.8 Å². The molecule has 1 aromatic heterocycles. The van der Waals surface area contributed by atoms with Crippen LogP contribution in [0.25, 0.3) is 15.8 Å². The molecule has 0 atom stereocenters. The van der Waals surface area contributed by atoms with Crippen LogP contribution in [0.2, 0.25) is 0 Å². The van der Waals surface area contributed by atoms with Gasteiger partial charge in [0.25, 0.3) is 0 Å². The summed E-state index contributed by atoms with van der Waals surface area (Å²) in [5.74, 6) is 0.810. The second kappa shape index (κ2) is 5.65. The number of thioether (sulfide) groups is 1. The van der Waals surface area contributed by atoms with E-state index in [4.69, 9.17) is 4.74 Å². The topological polar surface area (TPSA) is 24.8 Å². The fourth-order valence-corrected chi connectivity index (χ4v) is 5.26. The van der Waals surface area contributed by atoms with E-state index in [0.29, 0.717) is 0 Å². The van der Waals surface area contributed by atoms with E-state index >= 15 is 0 Å². The zero-order valence-corrected chi connectivity index (χ0v) is 14.5. The van der Waals surface area contributed by atoms with Gasteiger partial charge < -0.3 is 9.64 Å². The van der Waals surface area contributed by atoms with E-state index in [2.05, 4.69) is 39.5 Å². The van der Waals surface area contributed by atoms with Gasteiger partial charge in [0.05, 0.1) is 18.8 Å². The molecule has 118 valence electrons. The molecule has 5 heteroatoms. The van der Waals surface area contributed by atoms with Crippen molar-refractivity contribution in [3.05, 3.63) is 40.1 Å². The van der Waals surface area contributed by atoms with Crippen molar-refractivity contribution >= 4 is 44.0 Å². The van der Waals surface area contributed by atoms with Gasteiger partial charge in [0.2, 0.25) is 0 Å². The van der Waals surface area contributed by atoms with Crippen LogP contribution < -0.4 is 0 Å². The van der Waals surface area contributed by atoms with Crippen LogP contribution in [0.4, 0.5) is 0 Å². The first-order valence-electron chi connectivity index (χ1n) is 8.17. The smallest absolute Gasteiger partial charge is 0.168 e. The molecule has 0 amide bonds. The minimum absolute atomic E-state index is 0.718. The first kappa shape index (κ1) is 14.1. The second-order valence-corrected chi connectivity index (χ2v) is 8.27. The molecule has 0 bridgehead atoms. The number of fused-ring (bicyclic) bond motifs is 2. The molecule has 0 saturated heterocycles. The lowest BCUT2D eigenvalue weighted by Crippen LogP contribution is -2.20. The molecule has 1 aromatic carbocycles. The average molecular weight is 342 g/mol. The van der Waals surface area contributed by atoms with Crippen molar-refractivity contribution in [2.24, 2.45) is 10.9 Å². The fraction of sp³-hybridized carbons (Fsp3) is 0.389. The van der Waals surface area contributed by atoms with Crippen LogP contribution in [-0.4, -0.2) is 36.4 Å². The number of benzene rings is 1. The van der Waals surface area contributed by atoms with Crippen LogP contribution in [0.3, 0.4) is 0 Å². The molecule has 3 nitrogen and oxygen atoms in total. The number of hydrogen-bond donors (Lipinski definition) is 0. The Morgan fingerprint density at radius 1 is 1.26 bits per heavy atom. The lowest BCUT2D eigenvalue weighted by Gasteiger charge is -2.17. The quantitative estimate of drug-likeness (QED) is 0.804. The van der Waals surface area contributed by atoms with Gasteiger partial charge in [-0.25, -0.2) is 0 Å². The summed E-state index contributed by atoms with van der Waals surface area (Å²) in [5, 5.41) is 4.80. The predicted molar refractivity (Wildman–Crippen MR) is 98.9 cm³/mol. The Kier molecular flexibility index (Phi) is 3.46. The maximum atomic E-state index is 5.99. The summed E-state index contributed by atoms with van der Waals surface area (Å²) in [7, 11) is 0. The van der Waals surface area contributed by atoms with Crippen molar-refractivity contribution in [1.29, 1.82) is 0 Å². The highest BCUT2D eigenvalue weighted by Gasteiger charge is 2.34. The molecule has 0 unspecified atom stereocenters. The summed E-state index contributed by atoms with van der Waals surface area (Å²) in [6.45, 7) is 3.53. The summed E-state index contributed by atoms with van der Waals surface area (Å²) in [6, 6.07) is 8.67. The van der Waals surface area contributed by atoms with E-state index < -0.39 is 0 Å². The molecule has 2 aromatic rings. The van der Waals surface area contributed by atoms with Gasteiger partial charge in [-0.3, -0.25) is 4.99 Å². The average Bonchev–Trinajstić information content (AvgIpc) is 2.98. The number of hydrogen-bond acceptors (Lipinski definition) is 5. The highest BCUT2D eigenvalue weighted by Crippen LogP contribution is 2.45. The Hall–Kier alpha value is -1.30. The first-order chi connectivity index (χ1) is 11.4. The second-order valence-electron chi connectivity index (χ2n) is 6.29. The summed E-state index contributed by atoms with van der Waals surface area (Å²) >= 11 is 3.63. The van der Waals surface area contributed by atoms with Crippen LogP contribution in [-0.2, 0) is 4.74 Å². The maximum Gasteiger partial charge on any atom is 0.168 e. The lowest BCUT2D eigenvalue weighted by atomic mass is 10.1. The van der Waals surface area contributed by atoms with Crippen molar-refractivity contribution in [1.82, 2.24) is 4.90 Å². The fourth-order valence-electron chi connectivity index (χ4n) is 3.19. The molecule has 5 rings (SSSR count). The number of ether oxygens (including phenoxy) is 1. The molecule has 1 aliphatic carbocycles. The molecule has 1 saturated carbocycles. The van der Waals surface area contributed by atoms with Gasteiger partial charge in [-0.05, 0) is 24.8 Å². The van der Waals surface area contributed by atoms with Crippen LogP contribution in [0, 0.1) is 5.92 Å². The number of amidine groups is 1. The third-order valence-corrected chi connectivity index (χ3v) is 6.62. The van der Waals surface area contributed by atoms with E-state index in [0.717, 1.165) is 37.4 Å². The highest BCUT2D eigenvalue weighted by atomic mass is 32.2. The molecule has 0 N–H and O–H groups in total. The van der Waals surface area contributed by atoms with Crippen molar-refractivity contribution in [3.8, 4) is 0 Å². The Balaban J connectivity index is 1.52. The Morgan fingerprint density at radius 2 is 2.17 bits per heavy atom. The van der Waals surface area contributed by atoms with Gasteiger partial charge in [-0.2, -0.15) is 0 Å². The van der Waals surface area contributed by atoms with Gasteiger partial charge in [-0.1, -0.05) is 30.0 Å². The molecular weight excluding hydrogens is 324 g/mol. The summed E-state index contributed by atoms with van der Waals surface area (Å²) in [5.41, 5.74) is 2.68. The Bertz CT molecular complexity index is 819. The van der Waals surface area contributed by atoms with E-state index in [-0.39, 0.29) is 0 Å². The molecule has 3 aliphatic rings. The minimum Gasteiger partial charge on any atom is -0.376 e. The zero-order valence-electron chi connectivity index (χ0n) is 12.8. The number of aliphatic imine (C=N–C) groups is 1. The number of thiophene rings is 1. The largest absolute Gasteiger partial charge is 0.376 e. The third-order valence-electron chi connectivity index (χ3n) is 4.57. The van der Waals surface area contributed by atoms with Crippen LogP contribution in [0.5, 0.6) is 0 Å². The van der Waals surface area contributed by atoms with Crippen LogP contribution in [0.1, 0.15) is 18.4 Å². The van der Waals surface area contributed by atoms with Gasteiger partial charge in [0, 0.05) is 39.1 Å². The molecule has 1 fully saturated rings. The highest BCUT2D eigenvalue weighted by molar-refractivity contribution is 8.17. The predicted octanol–water partition coefficient (Wildman–Crippen LogP) is 4.41. The zero-order chi connectivity index (χ0) is 15.2. The Labute approximate surface area is 144 Å². The summed E-state index contributed by atoms with van der Waals surface area (Å²) in [4.78, 5) is 8.37. The van der Waals surface area contributed by atoms with Crippen LogP contribution in [0.15, 0.2) is 39.5 Å². The van der Waals surface area contributed by atoms with Gasteiger partial charge in [0.15, 0.2) is 5.17 Å². The Morgan fingerprint density at radius 3 is 3.09 bits per heavy atom. The minimum atomic E-state index is 0.718. The van der Waals surface area contributed by atoms with E-state index in [9.17, 15) is 0 Å². The molecule has 3 heterocycles. The van der Waals surface area contributed by atoms with Gasteiger partial charge in [0.1, 0.15) is 0 Å².